The van der Waals surface area contributed by atoms with Gasteiger partial charge in [-0.15, -0.1) is 0 Å². The van der Waals surface area contributed by atoms with Crippen molar-refractivity contribution in [2.24, 2.45) is 5.92 Å². The first kappa shape index (κ1) is 9.72. The summed E-state index contributed by atoms with van der Waals surface area (Å²) in [7, 11) is 0. The van der Waals surface area contributed by atoms with E-state index in [0.29, 0.717) is 5.78 Å². The molecular formula is C12H13ClO. The highest BCUT2D eigenvalue weighted by Crippen LogP contribution is 2.54. The van der Waals surface area contributed by atoms with Crippen molar-refractivity contribution < 1.29 is 4.79 Å². The molecule has 14 heavy (non-hydrogen) atoms. The molecule has 0 aromatic heterocycles. The molecule has 1 aromatic rings. The Morgan fingerprint density at radius 1 is 1.43 bits per heavy atom. The van der Waals surface area contributed by atoms with Gasteiger partial charge in [-0.25, -0.2) is 0 Å². The molecule has 1 aliphatic rings. The van der Waals surface area contributed by atoms with Crippen LogP contribution < -0.4 is 0 Å². The predicted molar refractivity (Wildman–Crippen MR) is 57.6 cm³/mol. The normalized spacial score (nSPS) is 30.1. The van der Waals surface area contributed by atoms with Crippen LogP contribution in [-0.4, -0.2) is 5.78 Å². The van der Waals surface area contributed by atoms with Crippen LogP contribution in [0.5, 0.6) is 0 Å². The van der Waals surface area contributed by atoms with E-state index in [1.165, 1.54) is 5.56 Å². The van der Waals surface area contributed by atoms with E-state index in [2.05, 4.69) is 6.92 Å². The van der Waals surface area contributed by atoms with Crippen molar-refractivity contribution in [2.75, 3.05) is 0 Å². The van der Waals surface area contributed by atoms with Crippen molar-refractivity contribution in [3.63, 3.8) is 0 Å². The van der Waals surface area contributed by atoms with Crippen LogP contribution in [0.25, 0.3) is 0 Å². The van der Waals surface area contributed by atoms with E-state index < -0.39 is 0 Å². The summed E-state index contributed by atoms with van der Waals surface area (Å²) < 4.78 is 0. The van der Waals surface area contributed by atoms with E-state index in [4.69, 9.17) is 11.6 Å². The van der Waals surface area contributed by atoms with Crippen LogP contribution in [-0.2, 0) is 10.2 Å². The molecule has 0 amide bonds. The van der Waals surface area contributed by atoms with Crippen molar-refractivity contribution in [3.05, 3.63) is 34.9 Å². The van der Waals surface area contributed by atoms with Crippen LogP contribution in [0.4, 0.5) is 0 Å². The molecular weight excluding hydrogens is 196 g/mol. The summed E-state index contributed by atoms with van der Waals surface area (Å²) in [5, 5.41) is 0.748. The lowest BCUT2D eigenvalue weighted by atomic mass is 9.94. The van der Waals surface area contributed by atoms with Crippen LogP contribution in [0, 0.1) is 5.92 Å². The number of halogens is 1. The van der Waals surface area contributed by atoms with Gasteiger partial charge in [-0.3, -0.25) is 4.79 Å². The second-order valence-electron chi connectivity index (χ2n) is 4.29. The van der Waals surface area contributed by atoms with Crippen LogP contribution in [0.2, 0.25) is 5.02 Å². The van der Waals surface area contributed by atoms with E-state index in [0.717, 1.165) is 11.4 Å². The van der Waals surface area contributed by atoms with E-state index >= 15 is 0 Å². The Bertz CT molecular complexity index is 368. The van der Waals surface area contributed by atoms with Gasteiger partial charge in [0.25, 0.3) is 0 Å². The Hall–Kier alpha value is -0.820. The van der Waals surface area contributed by atoms with Crippen LogP contribution in [0.1, 0.15) is 25.8 Å². The minimum Gasteiger partial charge on any atom is -0.300 e. The zero-order chi connectivity index (χ0) is 10.3. The second kappa shape index (κ2) is 3.09. The minimum atomic E-state index is 0.0659. The highest BCUT2D eigenvalue weighted by Gasteiger charge is 2.53. The Morgan fingerprint density at radius 3 is 2.43 bits per heavy atom. The molecule has 0 saturated heterocycles. The molecule has 2 atom stereocenters. The molecule has 0 N–H and O–H groups in total. The van der Waals surface area contributed by atoms with E-state index in [9.17, 15) is 4.79 Å². The predicted octanol–water partition coefficient (Wildman–Crippen LogP) is 3.21. The Morgan fingerprint density at radius 2 is 2.00 bits per heavy atom. The molecule has 1 aromatic carbocycles. The highest BCUT2D eigenvalue weighted by atomic mass is 35.5. The number of Topliss-reactive ketones (excluding diaryl/α,β-unsaturated/α-hetero) is 1. The van der Waals surface area contributed by atoms with Gasteiger partial charge in [-0.05, 0) is 31.0 Å². The number of rotatable bonds is 2. The molecule has 2 heteroatoms. The lowest BCUT2D eigenvalue weighted by molar-refractivity contribution is -0.118. The number of hydrogen-bond acceptors (Lipinski definition) is 1. The van der Waals surface area contributed by atoms with Crippen LogP contribution >= 0.6 is 11.6 Å². The molecule has 0 spiro atoms. The topological polar surface area (TPSA) is 17.1 Å². The third-order valence-corrected chi connectivity index (χ3v) is 3.48. The van der Waals surface area contributed by atoms with Gasteiger partial charge in [0.15, 0.2) is 0 Å². The van der Waals surface area contributed by atoms with Gasteiger partial charge in [0.05, 0.1) is 0 Å². The number of benzene rings is 1. The quantitative estimate of drug-likeness (QED) is 0.730. The second-order valence-corrected chi connectivity index (χ2v) is 4.73. The fourth-order valence-corrected chi connectivity index (χ4v) is 2.23. The van der Waals surface area contributed by atoms with Gasteiger partial charge in [0.2, 0.25) is 0 Å². The van der Waals surface area contributed by atoms with E-state index in [1.807, 2.05) is 24.3 Å². The first-order valence-corrected chi connectivity index (χ1v) is 5.18. The van der Waals surface area contributed by atoms with Crippen molar-refractivity contribution in [1.82, 2.24) is 0 Å². The number of ketones is 1. The Labute approximate surface area is 89.1 Å². The van der Waals surface area contributed by atoms with Gasteiger partial charge in [-0.1, -0.05) is 30.7 Å². The van der Waals surface area contributed by atoms with Gasteiger partial charge >= 0.3 is 0 Å². The molecule has 0 unspecified atom stereocenters. The molecule has 2 rings (SSSR count). The summed E-state index contributed by atoms with van der Waals surface area (Å²) in [5.41, 5.74) is 1.29. The SMILES string of the molecule is CC(=O)[C@@H]1C[C@]1(C)c1ccc(Cl)cc1. The van der Waals surface area contributed by atoms with Crippen molar-refractivity contribution in [1.29, 1.82) is 0 Å². The van der Waals surface area contributed by atoms with Crippen LogP contribution in [0.3, 0.4) is 0 Å². The lowest BCUT2D eigenvalue weighted by Crippen LogP contribution is -2.08. The average molecular weight is 209 g/mol. The average Bonchev–Trinajstić information content (AvgIpc) is 2.80. The molecule has 0 bridgehead atoms. The molecule has 1 aliphatic carbocycles. The molecule has 0 aliphatic heterocycles. The summed E-state index contributed by atoms with van der Waals surface area (Å²) in [6, 6.07) is 7.81. The van der Waals surface area contributed by atoms with Crippen molar-refractivity contribution >= 4 is 17.4 Å². The number of carbonyl (C=O) groups is 1. The fraction of sp³-hybridized carbons (Fsp3) is 0.417. The molecule has 1 saturated carbocycles. The summed E-state index contributed by atoms with van der Waals surface area (Å²) in [5.74, 6) is 0.506. The number of carbonyl (C=O) groups excluding carboxylic acids is 1. The number of hydrogen-bond donors (Lipinski definition) is 0. The summed E-state index contributed by atoms with van der Waals surface area (Å²) >= 11 is 5.81. The first-order chi connectivity index (χ1) is 6.54. The van der Waals surface area contributed by atoms with Crippen LogP contribution in [0.15, 0.2) is 24.3 Å². The highest BCUT2D eigenvalue weighted by molar-refractivity contribution is 6.30. The molecule has 0 heterocycles. The molecule has 74 valence electrons. The maximum absolute atomic E-state index is 11.2. The molecule has 1 nitrogen and oxygen atoms in total. The maximum atomic E-state index is 11.2. The molecule has 0 radical (unpaired) electrons. The zero-order valence-electron chi connectivity index (χ0n) is 8.38. The van der Waals surface area contributed by atoms with Gasteiger partial charge in [-0.2, -0.15) is 0 Å². The fourth-order valence-electron chi connectivity index (χ4n) is 2.11. The van der Waals surface area contributed by atoms with E-state index in [-0.39, 0.29) is 11.3 Å². The lowest BCUT2D eigenvalue weighted by Gasteiger charge is -2.10. The summed E-state index contributed by atoms with van der Waals surface area (Å²) in [4.78, 5) is 11.2. The third kappa shape index (κ3) is 1.46. The van der Waals surface area contributed by atoms with Crippen molar-refractivity contribution in [3.8, 4) is 0 Å². The monoisotopic (exact) mass is 208 g/mol. The Kier molecular flexibility index (Phi) is 2.15. The summed E-state index contributed by atoms with van der Waals surface area (Å²) in [6.07, 6.45) is 0.976. The van der Waals surface area contributed by atoms with Gasteiger partial charge in [0, 0.05) is 16.4 Å². The Balaban J connectivity index is 2.25. The smallest absolute Gasteiger partial charge is 0.133 e. The zero-order valence-corrected chi connectivity index (χ0v) is 9.14. The standard InChI is InChI=1S/C12H13ClO/c1-8(14)11-7-12(11,2)9-3-5-10(13)6-4-9/h3-6,11H,7H2,1-2H3/t11-,12+/m0/s1. The minimum absolute atomic E-state index is 0.0659. The molecule has 1 fully saturated rings. The first-order valence-electron chi connectivity index (χ1n) is 4.80. The van der Waals surface area contributed by atoms with Crippen molar-refractivity contribution in [2.45, 2.75) is 25.7 Å². The van der Waals surface area contributed by atoms with E-state index in [1.54, 1.807) is 6.92 Å². The van der Waals surface area contributed by atoms with Gasteiger partial charge in [0.1, 0.15) is 5.78 Å². The largest absolute Gasteiger partial charge is 0.300 e. The maximum Gasteiger partial charge on any atom is 0.133 e. The van der Waals surface area contributed by atoms with Gasteiger partial charge < -0.3 is 0 Å². The summed E-state index contributed by atoms with van der Waals surface area (Å²) in [6.45, 7) is 3.81. The third-order valence-electron chi connectivity index (χ3n) is 3.23.